The van der Waals surface area contributed by atoms with Crippen LogP contribution < -0.4 is 5.32 Å². The second kappa shape index (κ2) is 6.26. The van der Waals surface area contributed by atoms with Gasteiger partial charge in [0.2, 0.25) is 0 Å². The van der Waals surface area contributed by atoms with Crippen LogP contribution in [0.4, 0.5) is 11.5 Å². The van der Waals surface area contributed by atoms with Gasteiger partial charge >= 0.3 is 0 Å². The summed E-state index contributed by atoms with van der Waals surface area (Å²) in [6.45, 7) is 6.30. The van der Waals surface area contributed by atoms with Gasteiger partial charge in [-0.2, -0.15) is 0 Å². The molecule has 0 aliphatic heterocycles. The van der Waals surface area contributed by atoms with Crippen LogP contribution >= 0.6 is 11.3 Å². The number of thiophene rings is 1. The van der Waals surface area contributed by atoms with Gasteiger partial charge in [0.15, 0.2) is 5.82 Å². The number of nitrogens with one attached hydrogen (secondary N) is 1. The Bertz CT molecular complexity index is 1050. The van der Waals surface area contributed by atoms with Gasteiger partial charge in [-0.25, -0.2) is 9.97 Å². The number of hydrogen-bond acceptors (Lipinski definition) is 5. The molecule has 1 aromatic carbocycles. The van der Waals surface area contributed by atoms with Gasteiger partial charge in [0, 0.05) is 28.5 Å². The Balaban J connectivity index is 1.86. The van der Waals surface area contributed by atoms with Gasteiger partial charge in [0.1, 0.15) is 10.6 Å². The summed E-state index contributed by atoms with van der Waals surface area (Å²) in [5.74, 6) is 1.52. The number of benzene rings is 1. The number of hydrogen-bond donors (Lipinski definition) is 1. The van der Waals surface area contributed by atoms with Crippen molar-refractivity contribution in [3.05, 3.63) is 64.8 Å². The summed E-state index contributed by atoms with van der Waals surface area (Å²) in [7, 11) is 0. The molecule has 0 amide bonds. The topological polar surface area (TPSA) is 50.7 Å². The minimum absolute atomic E-state index is 0.690. The number of rotatable bonds is 3. The smallest absolute Gasteiger partial charge is 0.164 e. The lowest BCUT2D eigenvalue weighted by Crippen LogP contribution is -1.99. The van der Waals surface area contributed by atoms with E-state index in [0.29, 0.717) is 5.82 Å². The van der Waals surface area contributed by atoms with Crippen molar-refractivity contribution in [3.63, 3.8) is 0 Å². The lowest BCUT2D eigenvalue weighted by molar-refractivity contribution is 1.21. The quantitative estimate of drug-likeness (QED) is 0.538. The van der Waals surface area contributed by atoms with Gasteiger partial charge in [0.05, 0.1) is 5.39 Å². The van der Waals surface area contributed by atoms with Crippen LogP contribution in [0.15, 0.2) is 48.8 Å². The molecule has 124 valence electrons. The SMILES string of the molecule is Cc1ccc(Nc2nc(-c3cccnc3)nc3sc(C)cc23)c(C)c1. The van der Waals surface area contributed by atoms with Gasteiger partial charge in [-0.05, 0) is 50.6 Å². The molecule has 0 bridgehead atoms. The Morgan fingerprint density at radius 3 is 2.64 bits per heavy atom. The van der Waals surface area contributed by atoms with Crippen LogP contribution in [0.2, 0.25) is 0 Å². The van der Waals surface area contributed by atoms with Crippen molar-refractivity contribution in [1.82, 2.24) is 15.0 Å². The number of pyridine rings is 1. The first-order valence-corrected chi connectivity index (χ1v) is 8.94. The molecule has 3 heterocycles. The van der Waals surface area contributed by atoms with E-state index in [1.54, 1.807) is 23.7 Å². The van der Waals surface area contributed by atoms with E-state index in [0.717, 1.165) is 27.3 Å². The van der Waals surface area contributed by atoms with Crippen molar-refractivity contribution in [2.45, 2.75) is 20.8 Å². The van der Waals surface area contributed by atoms with Crippen LogP contribution in [0.25, 0.3) is 21.6 Å². The molecule has 4 rings (SSSR count). The second-order valence-corrected chi connectivity index (χ2v) is 7.39. The van der Waals surface area contributed by atoms with E-state index in [1.165, 1.54) is 16.0 Å². The lowest BCUT2D eigenvalue weighted by atomic mass is 10.1. The van der Waals surface area contributed by atoms with Gasteiger partial charge in [-0.15, -0.1) is 11.3 Å². The molecule has 0 fully saturated rings. The van der Waals surface area contributed by atoms with Crippen molar-refractivity contribution < 1.29 is 0 Å². The largest absolute Gasteiger partial charge is 0.339 e. The highest BCUT2D eigenvalue weighted by molar-refractivity contribution is 7.18. The van der Waals surface area contributed by atoms with Crippen molar-refractivity contribution in [2.75, 3.05) is 5.32 Å². The second-order valence-electron chi connectivity index (χ2n) is 6.16. The van der Waals surface area contributed by atoms with Crippen LogP contribution in [-0.2, 0) is 0 Å². The minimum Gasteiger partial charge on any atom is -0.339 e. The summed E-state index contributed by atoms with van der Waals surface area (Å²) >= 11 is 1.68. The number of aryl methyl sites for hydroxylation is 3. The summed E-state index contributed by atoms with van der Waals surface area (Å²) in [5.41, 5.74) is 4.42. The number of aromatic nitrogens is 3. The summed E-state index contributed by atoms with van der Waals surface area (Å²) in [6, 6.07) is 12.4. The standard InChI is InChI=1S/C20H18N4S/c1-12-6-7-17(13(2)9-12)22-19-16-10-14(3)25-20(16)24-18(23-19)15-5-4-8-21-11-15/h4-11H,1-3H3,(H,22,23,24). The molecule has 0 atom stereocenters. The number of anilines is 2. The van der Waals surface area contributed by atoms with Crippen molar-refractivity contribution in [3.8, 4) is 11.4 Å². The van der Waals surface area contributed by atoms with Crippen molar-refractivity contribution >= 4 is 33.1 Å². The third-order valence-electron chi connectivity index (χ3n) is 4.07. The lowest BCUT2D eigenvalue weighted by Gasteiger charge is -2.11. The van der Waals surface area contributed by atoms with E-state index in [9.17, 15) is 0 Å². The molecule has 5 heteroatoms. The molecule has 0 saturated heterocycles. The summed E-state index contributed by atoms with van der Waals surface area (Å²) in [5, 5.41) is 4.55. The zero-order valence-electron chi connectivity index (χ0n) is 14.4. The normalized spacial score (nSPS) is 11.0. The van der Waals surface area contributed by atoms with E-state index >= 15 is 0 Å². The van der Waals surface area contributed by atoms with Gasteiger partial charge in [0.25, 0.3) is 0 Å². The maximum atomic E-state index is 4.79. The predicted octanol–water partition coefficient (Wildman–Crippen LogP) is 5.42. The average Bonchev–Trinajstić information content (AvgIpc) is 2.98. The molecule has 4 aromatic rings. The fraction of sp³-hybridized carbons (Fsp3) is 0.150. The molecule has 0 radical (unpaired) electrons. The third kappa shape index (κ3) is 3.10. The van der Waals surface area contributed by atoms with E-state index < -0.39 is 0 Å². The summed E-state index contributed by atoms with van der Waals surface area (Å²) < 4.78 is 0. The molecule has 1 N–H and O–H groups in total. The molecular weight excluding hydrogens is 328 g/mol. The Hall–Kier alpha value is -2.79. The summed E-state index contributed by atoms with van der Waals surface area (Å²) in [6.07, 6.45) is 3.55. The Labute approximate surface area is 150 Å². The van der Waals surface area contributed by atoms with Crippen LogP contribution in [0.3, 0.4) is 0 Å². The van der Waals surface area contributed by atoms with Crippen LogP contribution in [0.1, 0.15) is 16.0 Å². The zero-order valence-corrected chi connectivity index (χ0v) is 15.2. The van der Waals surface area contributed by atoms with Gasteiger partial charge < -0.3 is 5.32 Å². The number of nitrogens with zero attached hydrogens (tertiary/aromatic N) is 3. The molecule has 0 unspecified atom stereocenters. The highest BCUT2D eigenvalue weighted by atomic mass is 32.1. The Morgan fingerprint density at radius 1 is 1.00 bits per heavy atom. The molecule has 4 nitrogen and oxygen atoms in total. The Morgan fingerprint density at radius 2 is 1.88 bits per heavy atom. The highest BCUT2D eigenvalue weighted by Crippen LogP contribution is 2.33. The van der Waals surface area contributed by atoms with Crippen LogP contribution in [-0.4, -0.2) is 15.0 Å². The maximum Gasteiger partial charge on any atom is 0.164 e. The third-order valence-corrected chi connectivity index (χ3v) is 5.02. The van der Waals surface area contributed by atoms with Crippen LogP contribution in [0, 0.1) is 20.8 Å². The monoisotopic (exact) mass is 346 g/mol. The first-order valence-electron chi connectivity index (χ1n) is 8.13. The average molecular weight is 346 g/mol. The van der Waals surface area contributed by atoms with E-state index in [1.807, 2.05) is 12.1 Å². The molecule has 0 saturated carbocycles. The van der Waals surface area contributed by atoms with E-state index in [2.05, 4.69) is 55.3 Å². The minimum atomic E-state index is 0.690. The van der Waals surface area contributed by atoms with Crippen molar-refractivity contribution in [2.24, 2.45) is 0 Å². The molecule has 0 aliphatic rings. The van der Waals surface area contributed by atoms with Gasteiger partial charge in [-0.3, -0.25) is 4.98 Å². The Kier molecular flexibility index (Phi) is 3.93. The number of fused-ring (bicyclic) bond motifs is 1. The first kappa shape index (κ1) is 15.7. The molecule has 0 aliphatic carbocycles. The van der Waals surface area contributed by atoms with Crippen LogP contribution in [0.5, 0.6) is 0 Å². The van der Waals surface area contributed by atoms with E-state index in [-0.39, 0.29) is 0 Å². The molecule has 0 spiro atoms. The van der Waals surface area contributed by atoms with E-state index in [4.69, 9.17) is 9.97 Å². The molecule has 3 aromatic heterocycles. The van der Waals surface area contributed by atoms with Gasteiger partial charge in [-0.1, -0.05) is 17.7 Å². The summed E-state index contributed by atoms with van der Waals surface area (Å²) in [4.78, 5) is 15.9. The molecule has 25 heavy (non-hydrogen) atoms. The molecular formula is C20H18N4S. The fourth-order valence-electron chi connectivity index (χ4n) is 2.84. The first-order chi connectivity index (χ1) is 12.1. The van der Waals surface area contributed by atoms with Crippen molar-refractivity contribution in [1.29, 1.82) is 0 Å². The predicted molar refractivity (Wildman–Crippen MR) is 105 cm³/mol. The fourth-order valence-corrected chi connectivity index (χ4v) is 3.72. The highest BCUT2D eigenvalue weighted by Gasteiger charge is 2.13. The zero-order chi connectivity index (χ0) is 17.4. The maximum absolute atomic E-state index is 4.79.